The van der Waals surface area contributed by atoms with Crippen LogP contribution in [0.3, 0.4) is 0 Å². The molecule has 8 nitrogen and oxygen atoms in total. The Morgan fingerprint density at radius 2 is 2.07 bits per heavy atom. The molecule has 0 aromatic carbocycles. The van der Waals surface area contributed by atoms with Crippen molar-refractivity contribution in [1.29, 1.82) is 0 Å². The van der Waals surface area contributed by atoms with Crippen LogP contribution in [0.5, 0.6) is 0 Å². The zero-order chi connectivity index (χ0) is 20.1. The van der Waals surface area contributed by atoms with E-state index in [0.717, 1.165) is 61.7 Å². The van der Waals surface area contributed by atoms with Gasteiger partial charge in [0.05, 0.1) is 40.4 Å². The number of ether oxygens (including phenoxy) is 1. The van der Waals surface area contributed by atoms with E-state index >= 15 is 0 Å². The van der Waals surface area contributed by atoms with Crippen LogP contribution in [0.1, 0.15) is 29.0 Å². The van der Waals surface area contributed by atoms with Gasteiger partial charge in [0.15, 0.2) is 0 Å². The van der Waals surface area contributed by atoms with Gasteiger partial charge in [-0.05, 0) is 37.5 Å². The topological polar surface area (TPSA) is 81.3 Å². The predicted molar refractivity (Wildman–Crippen MR) is 114 cm³/mol. The quantitative estimate of drug-likeness (QED) is 0.494. The van der Waals surface area contributed by atoms with E-state index in [-0.39, 0.29) is 5.60 Å². The molecule has 9 heteroatoms. The number of nitrogens with zero attached hydrogens (tertiary/aromatic N) is 7. The Hall–Kier alpha value is -2.91. The van der Waals surface area contributed by atoms with Crippen molar-refractivity contribution in [2.75, 3.05) is 24.6 Å². The molecule has 0 saturated carbocycles. The van der Waals surface area contributed by atoms with Gasteiger partial charge in [-0.15, -0.1) is 21.5 Å². The van der Waals surface area contributed by atoms with Crippen LogP contribution in [0.2, 0.25) is 0 Å². The number of thiophene rings is 1. The van der Waals surface area contributed by atoms with Crippen LogP contribution >= 0.6 is 11.3 Å². The molecule has 1 saturated heterocycles. The molecule has 1 spiro atoms. The minimum absolute atomic E-state index is 0.215. The molecule has 4 aromatic heterocycles. The third kappa shape index (κ3) is 2.80. The number of anilines is 1. The first-order chi connectivity index (χ1) is 14.7. The van der Waals surface area contributed by atoms with E-state index in [1.54, 1.807) is 23.2 Å². The number of hydrogen-bond donors (Lipinski definition) is 0. The lowest BCUT2D eigenvalue weighted by Gasteiger charge is -2.44. The van der Waals surface area contributed by atoms with Gasteiger partial charge in [0, 0.05) is 36.8 Å². The van der Waals surface area contributed by atoms with Crippen LogP contribution in [0.25, 0.3) is 16.2 Å². The monoisotopic (exact) mass is 419 g/mol. The lowest BCUT2D eigenvalue weighted by molar-refractivity contribution is -0.0756. The molecular formula is C21H21N7OS. The van der Waals surface area contributed by atoms with Crippen molar-refractivity contribution in [3.63, 3.8) is 0 Å². The SMILES string of the molecule is Cc1cc(N2CCC3(CC2)OCCc2sc(-c4cnccn4)cc23)c2nncn2n1. The van der Waals surface area contributed by atoms with Crippen LogP contribution in [-0.2, 0) is 16.8 Å². The predicted octanol–water partition coefficient (Wildman–Crippen LogP) is 3.02. The van der Waals surface area contributed by atoms with Crippen molar-refractivity contribution in [2.45, 2.75) is 31.8 Å². The maximum absolute atomic E-state index is 6.46. The van der Waals surface area contributed by atoms with Crippen LogP contribution in [0.15, 0.2) is 37.1 Å². The van der Waals surface area contributed by atoms with Crippen molar-refractivity contribution in [3.8, 4) is 10.6 Å². The summed E-state index contributed by atoms with van der Waals surface area (Å²) in [7, 11) is 0. The Balaban J connectivity index is 1.31. The Morgan fingerprint density at radius 1 is 1.17 bits per heavy atom. The van der Waals surface area contributed by atoms with Crippen LogP contribution in [0, 0.1) is 6.92 Å². The summed E-state index contributed by atoms with van der Waals surface area (Å²) in [4.78, 5) is 13.7. The van der Waals surface area contributed by atoms with Gasteiger partial charge in [0.2, 0.25) is 5.65 Å². The number of fused-ring (bicyclic) bond motifs is 3. The molecule has 0 radical (unpaired) electrons. The molecule has 0 aliphatic carbocycles. The lowest BCUT2D eigenvalue weighted by atomic mass is 9.82. The number of aryl methyl sites for hydroxylation is 1. The highest BCUT2D eigenvalue weighted by molar-refractivity contribution is 7.15. The minimum Gasteiger partial charge on any atom is -0.370 e. The van der Waals surface area contributed by atoms with Crippen LogP contribution in [0.4, 0.5) is 5.69 Å². The maximum Gasteiger partial charge on any atom is 0.200 e. The summed E-state index contributed by atoms with van der Waals surface area (Å²) in [6, 6.07) is 4.39. The summed E-state index contributed by atoms with van der Waals surface area (Å²) in [6.07, 6.45) is 9.81. The first-order valence-corrected chi connectivity index (χ1v) is 11.0. The zero-order valence-electron chi connectivity index (χ0n) is 16.7. The van der Waals surface area contributed by atoms with Gasteiger partial charge >= 0.3 is 0 Å². The van der Waals surface area contributed by atoms with E-state index in [2.05, 4.69) is 42.3 Å². The molecule has 6 heterocycles. The first-order valence-electron chi connectivity index (χ1n) is 10.2. The third-order valence-corrected chi connectivity index (χ3v) is 7.32. The van der Waals surface area contributed by atoms with Crippen LogP contribution < -0.4 is 4.90 Å². The highest BCUT2D eigenvalue weighted by Gasteiger charge is 2.42. The molecule has 152 valence electrons. The smallest absolute Gasteiger partial charge is 0.200 e. The summed E-state index contributed by atoms with van der Waals surface area (Å²) in [5, 5.41) is 12.8. The number of aromatic nitrogens is 6. The normalized spacial score (nSPS) is 18.1. The number of hydrogen-bond acceptors (Lipinski definition) is 8. The third-order valence-electron chi connectivity index (χ3n) is 6.11. The molecule has 6 rings (SSSR count). The Morgan fingerprint density at radius 3 is 2.90 bits per heavy atom. The van der Waals surface area contributed by atoms with Crippen molar-refractivity contribution >= 4 is 22.7 Å². The van der Waals surface area contributed by atoms with Gasteiger partial charge < -0.3 is 9.64 Å². The van der Waals surface area contributed by atoms with Gasteiger partial charge in [0.1, 0.15) is 6.33 Å². The van der Waals surface area contributed by atoms with E-state index < -0.39 is 0 Å². The molecular weight excluding hydrogens is 398 g/mol. The van der Waals surface area contributed by atoms with Crippen molar-refractivity contribution < 1.29 is 4.74 Å². The van der Waals surface area contributed by atoms with E-state index in [1.165, 1.54) is 15.3 Å². The van der Waals surface area contributed by atoms with E-state index in [0.29, 0.717) is 0 Å². The van der Waals surface area contributed by atoms with E-state index in [4.69, 9.17) is 4.74 Å². The molecule has 2 aliphatic heterocycles. The molecule has 4 aromatic rings. The lowest BCUT2D eigenvalue weighted by Crippen LogP contribution is -2.46. The second-order valence-electron chi connectivity index (χ2n) is 7.89. The Bertz CT molecular complexity index is 1210. The molecule has 1 fully saturated rings. The highest BCUT2D eigenvalue weighted by atomic mass is 32.1. The average Bonchev–Trinajstić information content (AvgIpc) is 3.42. The fraction of sp³-hybridized carbons (Fsp3) is 0.381. The molecule has 0 unspecified atom stereocenters. The number of piperidine rings is 1. The first kappa shape index (κ1) is 17.9. The Kier molecular flexibility index (Phi) is 4.07. The summed E-state index contributed by atoms with van der Waals surface area (Å²) >= 11 is 1.83. The van der Waals surface area contributed by atoms with E-state index in [9.17, 15) is 0 Å². The standard InChI is InChI=1S/C21H21N7OS/c1-14-10-17(20-25-24-13-28(20)26-14)27-7-3-21(4-8-27)15-11-19(16-12-22-5-6-23-16)30-18(15)2-9-29-21/h5-6,10-13H,2-4,7-9H2,1H3. The second-order valence-corrected chi connectivity index (χ2v) is 9.02. The van der Waals surface area contributed by atoms with Gasteiger partial charge in [-0.25, -0.2) is 0 Å². The largest absolute Gasteiger partial charge is 0.370 e. The molecule has 2 aliphatic rings. The van der Waals surface area contributed by atoms with Gasteiger partial charge in [-0.3, -0.25) is 9.97 Å². The zero-order valence-corrected chi connectivity index (χ0v) is 17.5. The van der Waals surface area contributed by atoms with E-state index in [1.807, 2.05) is 24.5 Å². The summed E-state index contributed by atoms with van der Waals surface area (Å²) in [5.74, 6) is 0. The van der Waals surface area contributed by atoms with Gasteiger partial charge in [-0.1, -0.05) is 0 Å². The van der Waals surface area contributed by atoms with Gasteiger partial charge in [-0.2, -0.15) is 9.61 Å². The fourth-order valence-electron chi connectivity index (χ4n) is 4.66. The minimum atomic E-state index is -0.215. The molecule has 0 atom stereocenters. The second kappa shape index (κ2) is 6.82. The molecule has 0 bridgehead atoms. The molecule has 30 heavy (non-hydrogen) atoms. The highest BCUT2D eigenvalue weighted by Crippen LogP contribution is 2.47. The Labute approximate surface area is 177 Å². The maximum atomic E-state index is 6.46. The van der Waals surface area contributed by atoms with Crippen molar-refractivity contribution in [2.24, 2.45) is 0 Å². The summed E-state index contributed by atoms with van der Waals surface area (Å²) in [5.41, 5.74) is 4.93. The van der Waals surface area contributed by atoms with Gasteiger partial charge in [0.25, 0.3) is 0 Å². The fourth-order valence-corrected chi connectivity index (χ4v) is 5.85. The summed E-state index contributed by atoms with van der Waals surface area (Å²) < 4.78 is 8.22. The van der Waals surface area contributed by atoms with Crippen molar-refractivity contribution in [3.05, 3.63) is 53.2 Å². The summed E-state index contributed by atoms with van der Waals surface area (Å²) in [6.45, 7) is 4.59. The van der Waals surface area contributed by atoms with Crippen molar-refractivity contribution in [1.82, 2.24) is 29.8 Å². The molecule has 0 amide bonds. The number of rotatable bonds is 2. The average molecular weight is 420 g/mol. The van der Waals surface area contributed by atoms with Crippen LogP contribution in [-0.4, -0.2) is 49.5 Å². The molecule has 0 N–H and O–H groups in total.